The average molecular weight is 216 g/mol. The predicted molar refractivity (Wildman–Crippen MR) is 60.3 cm³/mol. The van der Waals surface area contributed by atoms with Gasteiger partial charge in [-0.2, -0.15) is 0 Å². The van der Waals surface area contributed by atoms with Crippen LogP contribution in [0, 0.1) is 6.92 Å². The number of hydrogen-bond donors (Lipinski definition) is 1. The zero-order valence-corrected chi connectivity index (χ0v) is 9.14. The van der Waals surface area contributed by atoms with E-state index in [1.807, 2.05) is 18.5 Å². The van der Waals surface area contributed by atoms with Crippen molar-refractivity contribution >= 4 is 5.97 Å². The van der Waals surface area contributed by atoms with Crippen molar-refractivity contribution < 1.29 is 9.90 Å². The second-order valence-electron chi connectivity index (χ2n) is 3.66. The van der Waals surface area contributed by atoms with Crippen LogP contribution < -0.4 is 0 Å². The Morgan fingerprint density at radius 1 is 1.31 bits per heavy atom. The molecule has 2 aromatic rings. The maximum absolute atomic E-state index is 10.7. The first-order chi connectivity index (χ1) is 7.59. The van der Waals surface area contributed by atoms with Crippen LogP contribution in [0.5, 0.6) is 0 Å². The lowest BCUT2D eigenvalue weighted by atomic mass is 10.1. The van der Waals surface area contributed by atoms with E-state index < -0.39 is 5.97 Å². The summed E-state index contributed by atoms with van der Waals surface area (Å²) in [6.07, 6.45) is 1.79. The fourth-order valence-electron chi connectivity index (χ4n) is 1.52. The highest BCUT2D eigenvalue weighted by Gasteiger charge is 2.07. The van der Waals surface area contributed by atoms with Gasteiger partial charge in [0.2, 0.25) is 0 Å². The molecule has 4 heteroatoms. The summed E-state index contributed by atoms with van der Waals surface area (Å²) in [5, 5.41) is 8.78. The number of aromatic carboxylic acids is 1. The number of carboxylic acid groups (broad SMARTS) is 1. The minimum atomic E-state index is -0.914. The first-order valence-corrected chi connectivity index (χ1v) is 4.91. The van der Waals surface area contributed by atoms with Crippen LogP contribution in [0.4, 0.5) is 0 Å². The van der Waals surface area contributed by atoms with Gasteiger partial charge in [0.1, 0.15) is 5.82 Å². The van der Waals surface area contributed by atoms with Crippen molar-refractivity contribution in [2.24, 2.45) is 7.05 Å². The molecule has 4 nitrogen and oxygen atoms in total. The van der Waals surface area contributed by atoms with E-state index in [1.54, 1.807) is 30.5 Å². The molecule has 0 saturated carbocycles. The predicted octanol–water partition coefficient (Wildman–Crippen LogP) is 2.09. The zero-order chi connectivity index (χ0) is 11.7. The summed E-state index contributed by atoms with van der Waals surface area (Å²) in [7, 11) is 1.93. The Kier molecular flexibility index (Phi) is 2.48. The fraction of sp³-hybridized carbons (Fsp3) is 0.167. The Labute approximate surface area is 93.2 Å². The topological polar surface area (TPSA) is 55.1 Å². The van der Waals surface area contributed by atoms with Gasteiger partial charge >= 0.3 is 5.97 Å². The van der Waals surface area contributed by atoms with Crippen molar-refractivity contribution in [3.63, 3.8) is 0 Å². The monoisotopic (exact) mass is 216 g/mol. The minimum Gasteiger partial charge on any atom is -0.478 e. The van der Waals surface area contributed by atoms with Crippen molar-refractivity contribution in [3.05, 3.63) is 41.7 Å². The van der Waals surface area contributed by atoms with E-state index in [-0.39, 0.29) is 5.56 Å². The number of carboxylic acids is 1. The van der Waals surface area contributed by atoms with Crippen LogP contribution in [0.3, 0.4) is 0 Å². The Hall–Kier alpha value is -2.10. The van der Waals surface area contributed by atoms with E-state index in [0.717, 1.165) is 17.1 Å². The van der Waals surface area contributed by atoms with Crippen LogP contribution in [0.1, 0.15) is 16.1 Å². The lowest BCUT2D eigenvalue weighted by Crippen LogP contribution is -1.97. The summed E-state index contributed by atoms with van der Waals surface area (Å²) < 4.78 is 1.97. The molecular weight excluding hydrogens is 204 g/mol. The van der Waals surface area contributed by atoms with E-state index in [2.05, 4.69) is 4.98 Å². The van der Waals surface area contributed by atoms with Crippen molar-refractivity contribution in [2.75, 3.05) is 0 Å². The molecule has 0 spiro atoms. The van der Waals surface area contributed by atoms with Crippen molar-refractivity contribution in [1.29, 1.82) is 0 Å². The Morgan fingerprint density at radius 3 is 2.38 bits per heavy atom. The molecule has 82 valence electrons. The van der Waals surface area contributed by atoms with Crippen LogP contribution in [0.25, 0.3) is 11.4 Å². The highest BCUT2D eigenvalue weighted by molar-refractivity contribution is 5.88. The molecule has 0 aliphatic heterocycles. The molecule has 0 bridgehead atoms. The van der Waals surface area contributed by atoms with Crippen molar-refractivity contribution in [3.8, 4) is 11.4 Å². The molecule has 0 atom stereocenters. The highest BCUT2D eigenvalue weighted by Crippen LogP contribution is 2.18. The molecule has 0 amide bonds. The summed E-state index contributed by atoms with van der Waals surface area (Å²) in [6, 6.07) is 6.71. The van der Waals surface area contributed by atoms with Gasteiger partial charge in [-0.05, 0) is 19.1 Å². The summed E-state index contributed by atoms with van der Waals surface area (Å²) in [4.78, 5) is 15.0. The maximum Gasteiger partial charge on any atom is 0.335 e. The molecule has 1 N–H and O–H groups in total. The van der Waals surface area contributed by atoms with Gasteiger partial charge < -0.3 is 9.67 Å². The van der Waals surface area contributed by atoms with Gasteiger partial charge in [-0.25, -0.2) is 9.78 Å². The third-order valence-electron chi connectivity index (χ3n) is 2.61. The Bertz CT molecular complexity index is 526. The molecular formula is C12H12N2O2. The zero-order valence-electron chi connectivity index (χ0n) is 9.14. The minimum absolute atomic E-state index is 0.287. The van der Waals surface area contributed by atoms with Crippen LogP contribution >= 0.6 is 0 Å². The van der Waals surface area contributed by atoms with E-state index in [0.29, 0.717) is 0 Å². The van der Waals surface area contributed by atoms with Gasteiger partial charge in [0, 0.05) is 24.5 Å². The molecule has 0 aliphatic carbocycles. The van der Waals surface area contributed by atoms with Gasteiger partial charge in [0.15, 0.2) is 0 Å². The number of aryl methyl sites for hydroxylation is 1. The van der Waals surface area contributed by atoms with Gasteiger partial charge in [0.05, 0.1) is 5.56 Å². The van der Waals surface area contributed by atoms with E-state index in [4.69, 9.17) is 5.11 Å². The van der Waals surface area contributed by atoms with Gasteiger partial charge in [0.25, 0.3) is 0 Å². The first kappa shape index (κ1) is 10.4. The third-order valence-corrected chi connectivity index (χ3v) is 2.61. The molecule has 0 unspecified atom stereocenters. The largest absolute Gasteiger partial charge is 0.478 e. The number of benzene rings is 1. The molecule has 0 aliphatic rings. The normalized spacial score (nSPS) is 10.4. The number of carbonyl (C=O) groups is 1. The lowest BCUT2D eigenvalue weighted by Gasteiger charge is -2.03. The van der Waals surface area contributed by atoms with E-state index in [1.165, 1.54) is 0 Å². The lowest BCUT2D eigenvalue weighted by molar-refractivity contribution is 0.0697. The highest BCUT2D eigenvalue weighted by atomic mass is 16.4. The van der Waals surface area contributed by atoms with Crippen LogP contribution in [-0.4, -0.2) is 20.6 Å². The molecule has 0 fully saturated rings. The molecule has 0 radical (unpaired) electrons. The van der Waals surface area contributed by atoms with Gasteiger partial charge in [-0.3, -0.25) is 0 Å². The third kappa shape index (κ3) is 1.69. The quantitative estimate of drug-likeness (QED) is 0.836. The van der Waals surface area contributed by atoms with Gasteiger partial charge in [-0.1, -0.05) is 12.1 Å². The number of hydrogen-bond acceptors (Lipinski definition) is 2. The standard InChI is InChI=1S/C12H12N2O2/c1-8-7-13-11(14(8)2)9-3-5-10(6-4-9)12(15)16/h3-7H,1-2H3,(H,15,16). The molecule has 2 rings (SSSR count). The second kappa shape index (κ2) is 3.81. The van der Waals surface area contributed by atoms with E-state index >= 15 is 0 Å². The Balaban J connectivity index is 2.42. The van der Waals surface area contributed by atoms with E-state index in [9.17, 15) is 4.79 Å². The smallest absolute Gasteiger partial charge is 0.335 e. The summed E-state index contributed by atoms with van der Waals surface area (Å²) in [5.41, 5.74) is 2.27. The van der Waals surface area contributed by atoms with Crippen molar-refractivity contribution in [2.45, 2.75) is 6.92 Å². The molecule has 1 heterocycles. The van der Waals surface area contributed by atoms with Crippen LogP contribution in [0.2, 0.25) is 0 Å². The molecule has 0 saturated heterocycles. The summed E-state index contributed by atoms with van der Waals surface area (Å²) in [6.45, 7) is 1.97. The molecule has 1 aromatic heterocycles. The number of rotatable bonds is 2. The average Bonchev–Trinajstić information content (AvgIpc) is 2.60. The molecule has 16 heavy (non-hydrogen) atoms. The summed E-state index contributed by atoms with van der Waals surface area (Å²) in [5.74, 6) is -0.0722. The van der Waals surface area contributed by atoms with Crippen molar-refractivity contribution in [1.82, 2.24) is 9.55 Å². The summed E-state index contributed by atoms with van der Waals surface area (Å²) >= 11 is 0. The van der Waals surface area contributed by atoms with Crippen LogP contribution in [-0.2, 0) is 7.05 Å². The van der Waals surface area contributed by atoms with Gasteiger partial charge in [-0.15, -0.1) is 0 Å². The van der Waals surface area contributed by atoms with Crippen LogP contribution in [0.15, 0.2) is 30.5 Å². The maximum atomic E-state index is 10.7. The second-order valence-corrected chi connectivity index (χ2v) is 3.66. The number of aromatic nitrogens is 2. The molecule has 1 aromatic carbocycles. The number of imidazole rings is 1. The SMILES string of the molecule is Cc1cnc(-c2ccc(C(=O)O)cc2)n1C. The fourth-order valence-corrected chi connectivity index (χ4v) is 1.52. The number of nitrogens with zero attached hydrogens (tertiary/aromatic N) is 2. The Morgan fingerprint density at radius 2 is 1.94 bits per heavy atom. The first-order valence-electron chi connectivity index (χ1n) is 4.91.